The Morgan fingerprint density at radius 2 is 1.93 bits per heavy atom. The van der Waals surface area contributed by atoms with E-state index >= 15 is 0 Å². The Morgan fingerprint density at radius 3 is 2.70 bits per heavy atom. The van der Waals surface area contributed by atoms with Crippen molar-refractivity contribution in [2.24, 2.45) is 0 Å². The zero-order valence-corrected chi connectivity index (χ0v) is 18.0. The number of benzene rings is 2. The molecule has 0 aromatic heterocycles. The second-order valence-corrected chi connectivity index (χ2v) is 8.47. The average Bonchev–Trinajstić information content (AvgIpc) is 3.01. The van der Waals surface area contributed by atoms with Gasteiger partial charge in [0.05, 0.1) is 0 Å². The molecule has 0 bridgehead atoms. The van der Waals surface area contributed by atoms with Gasteiger partial charge in [0.2, 0.25) is 0 Å². The van der Waals surface area contributed by atoms with E-state index in [1.807, 2.05) is 12.1 Å². The van der Waals surface area contributed by atoms with Crippen LogP contribution in [0.4, 0.5) is 9.18 Å². The molecule has 1 saturated heterocycles. The third-order valence-corrected chi connectivity index (χ3v) is 5.90. The van der Waals surface area contributed by atoms with Gasteiger partial charge in [-0.3, -0.25) is 9.69 Å². The summed E-state index contributed by atoms with van der Waals surface area (Å²) >= 11 is 3.44. The third-order valence-electron chi connectivity index (χ3n) is 5.40. The molecule has 0 spiro atoms. The summed E-state index contributed by atoms with van der Waals surface area (Å²) in [5.74, 6) is -0.0904. The maximum atomic E-state index is 13.4. The molecule has 7 heteroatoms. The van der Waals surface area contributed by atoms with Crippen LogP contribution in [0.25, 0.3) is 6.08 Å². The predicted octanol–water partition coefficient (Wildman–Crippen LogP) is 5.39. The lowest BCUT2D eigenvalue weighted by atomic mass is 9.94. The Morgan fingerprint density at radius 1 is 1.13 bits per heavy atom. The number of amides is 3. The molecule has 156 valence electrons. The highest BCUT2D eigenvalue weighted by atomic mass is 79.9. The fourth-order valence-corrected chi connectivity index (χ4v) is 4.31. The van der Waals surface area contributed by atoms with Crippen molar-refractivity contribution in [2.75, 3.05) is 0 Å². The normalized spacial score (nSPS) is 18.7. The van der Waals surface area contributed by atoms with Crippen molar-refractivity contribution in [2.45, 2.75) is 44.8 Å². The topological polar surface area (TPSA) is 58.6 Å². The minimum atomic E-state index is -0.365. The van der Waals surface area contributed by atoms with Crippen LogP contribution in [0.5, 0.6) is 5.75 Å². The summed E-state index contributed by atoms with van der Waals surface area (Å²) in [7, 11) is 0. The van der Waals surface area contributed by atoms with Crippen molar-refractivity contribution in [1.82, 2.24) is 10.2 Å². The van der Waals surface area contributed by atoms with E-state index in [1.54, 1.807) is 24.3 Å². The first kappa shape index (κ1) is 20.6. The Hall–Kier alpha value is -2.67. The zero-order chi connectivity index (χ0) is 21.1. The molecule has 1 N–H and O–H groups in total. The summed E-state index contributed by atoms with van der Waals surface area (Å²) in [6, 6.07) is 11.2. The molecule has 1 aliphatic carbocycles. The van der Waals surface area contributed by atoms with Crippen molar-refractivity contribution in [1.29, 1.82) is 0 Å². The summed E-state index contributed by atoms with van der Waals surface area (Å²) in [6.07, 6.45) is 6.55. The number of nitrogens with one attached hydrogen (secondary N) is 1. The van der Waals surface area contributed by atoms with Crippen LogP contribution in [0.2, 0.25) is 0 Å². The number of carbonyl (C=O) groups is 2. The van der Waals surface area contributed by atoms with Gasteiger partial charge in [0.15, 0.2) is 0 Å². The van der Waals surface area contributed by atoms with Crippen molar-refractivity contribution in [3.63, 3.8) is 0 Å². The van der Waals surface area contributed by atoms with E-state index in [2.05, 4.69) is 21.2 Å². The largest absolute Gasteiger partial charge is 0.488 e. The average molecular weight is 473 g/mol. The highest BCUT2D eigenvalue weighted by Gasteiger charge is 2.39. The van der Waals surface area contributed by atoms with Gasteiger partial charge in [-0.1, -0.05) is 47.3 Å². The minimum absolute atomic E-state index is 0.0386. The molecule has 2 aliphatic rings. The van der Waals surface area contributed by atoms with Crippen LogP contribution in [-0.2, 0) is 11.4 Å². The minimum Gasteiger partial charge on any atom is -0.488 e. The molecule has 30 heavy (non-hydrogen) atoms. The van der Waals surface area contributed by atoms with Gasteiger partial charge >= 0.3 is 6.03 Å². The van der Waals surface area contributed by atoms with E-state index in [0.717, 1.165) is 36.6 Å². The fraction of sp³-hybridized carbons (Fsp3) is 0.304. The number of carbonyl (C=O) groups excluding carboxylic acids is 2. The monoisotopic (exact) mass is 472 g/mol. The first-order valence-corrected chi connectivity index (χ1v) is 10.8. The van der Waals surface area contributed by atoms with E-state index < -0.39 is 0 Å². The molecule has 0 unspecified atom stereocenters. The van der Waals surface area contributed by atoms with Crippen LogP contribution >= 0.6 is 15.9 Å². The molecular weight excluding hydrogens is 451 g/mol. The molecule has 0 atom stereocenters. The molecule has 5 nitrogen and oxygen atoms in total. The van der Waals surface area contributed by atoms with Crippen LogP contribution in [0, 0.1) is 5.82 Å². The van der Waals surface area contributed by atoms with Gasteiger partial charge in [0, 0.05) is 16.1 Å². The molecule has 3 amide bonds. The van der Waals surface area contributed by atoms with E-state index in [4.69, 9.17) is 4.74 Å². The van der Waals surface area contributed by atoms with Gasteiger partial charge in [0.1, 0.15) is 23.9 Å². The Labute approximate surface area is 183 Å². The first-order chi connectivity index (χ1) is 14.5. The highest BCUT2D eigenvalue weighted by molar-refractivity contribution is 9.10. The van der Waals surface area contributed by atoms with Crippen LogP contribution < -0.4 is 10.1 Å². The smallest absolute Gasteiger partial charge is 0.329 e. The van der Waals surface area contributed by atoms with E-state index in [1.165, 1.54) is 17.0 Å². The highest BCUT2D eigenvalue weighted by Crippen LogP contribution is 2.30. The van der Waals surface area contributed by atoms with Crippen molar-refractivity contribution >= 4 is 33.9 Å². The number of imide groups is 1. The molecule has 2 aromatic rings. The Balaban J connectivity index is 1.56. The lowest BCUT2D eigenvalue weighted by molar-refractivity contribution is -0.124. The molecular formula is C23H22BrFN2O3. The number of urea groups is 1. The lowest BCUT2D eigenvalue weighted by Gasteiger charge is -2.28. The van der Waals surface area contributed by atoms with E-state index in [0.29, 0.717) is 16.9 Å². The number of hydrogen-bond donors (Lipinski definition) is 1. The Bertz CT molecular complexity index is 1000. The third kappa shape index (κ3) is 4.56. The molecule has 2 fully saturated rings. The summed E-state index contributed by atoms with van der Waals surface area (Å²) in [4.78, 5) is 26.7. The summed E-state index contributed by atoms with van der Waals surface area (Å²) < 4.78 is 20.1. The SMILES string of the molecule is O=C1N/C(=C\c2cc(Br)ccc2OCc2cccc(F)c2)C(=O)N1C1CCCCC1. The van der Waals surface area contributed by atoms with Gasteiger partial charge in [-0.25, -0.2) is 9.18 Å². The second kappa shape index (κ2) is 9.00. The van der Waals surface area contributed by atoms with Gasteiger partial charge < -0.3 is 10.1 Å². The lowest BCUT2D eigenvalue weighted by Crippen LogP contribution is -2.41. The number of halogens is 2. The summed E-state index contributed by atoms with van der Waals surface area (Å²) in [5, 5.41) is 2.71. The van der Waals surface area contributed by atoms with Crippen molar-refractivity contribution in [3.8, 4) is 5.75 Å². The molecule has 2 aromatic carbocycles. The van der Waals surface area contributed by atoms with Crippen LogP contribution in [0.3, 0.4) is 0 Å². The van der Waals surface area contributed by atoms with E-state index in [9.17, 15) is 14.0 Å². The summed E-state index contributed by atoms with van der Waals surface area (Å²) in [6.45, 7) is 0.185. The maximum absolute atomic E-state index is 13.4. The predicted molar refractivity (Wildman–Crippen MR) is 115 cm³/mol. The van der Waals surface area contributed by atoms with Crippen LogP contribution in [0.15, 0.2) is 52.6 Å². The van der Waals surface area contributed by atoms with Gasteiger partial charge in [-0.15, -0.1) is 0 Å². The van der Waals surface area contributed by atoms with E-state index in [-0.39, 0.29) is 36.1 Å². The molecule has 1 heterocycles. The quantitative estimate of drug-likeness (QED) is 0.468. The molecule has 1 aliphatic heterocycles. The molecule has 1 saturated carbocycles. The number of rotatable bonds is 5. The van der Waals surface area contributed by atoms with Crippen LogP contribution in [-0.4, -0.2) is 22.9 Å². The molecule has 0 radical (unpaired) electrons. The molecule has 4 rings (SSSR count). The summed E-state index contributed by atoms with van der Waals surface area (Å²) in [5.41, 5.74) is 1.58. The fourth-order valence-electron chi connectivity index (χ4n) is 3.93. The van der Waals surface area contributed by atoms with Gasteiger partial charge in [0.25, 0.3) is 5.91 Å². The van der Waals surface area contributed by atoms with Gasteiger partial charge in [-0.05, 0) is 54.8 Å². The zero-order valence-electron chi connectivity index (χ0n) is 16.4. The maximum Gasteiger partial charge on any atom is 0.329 e. The van der Waals surface area contributed by atoms with Crippen molar-refractivity contribution < 1.29 is 18.7 Å². The Kier molecular flexibility index (Phi) is 6.18. The van der Waals surface area contributed by atoms with Crippen molar-refractivity contribution in [3.05, 3.63) is 69.6 Å². The van der Waals surface area contributed by atoms with Gasteiger partial charge in [-0.2, -0.15) is 0 Å². The second-order valence-electron chi connectivity index (χ2n) is 7.56. The number of ether oxygens (including phenoxy) is 1. The van der Waals surface area contributed by atoms with Crippen LogP contribution in [0.1, 0.15) is 43.2 Å². The first-order valence-electron chi connectivity index (χ1n) is 10.0. The standard InChI is InChI=1S/C23H22BrFN2O3/c24-17-9-10-21(30-14-15-5-4-6-18(25)11-15)16(12-17)13-20-22(28)27(23(29)26-20)19-7-2-1-3-8-19/h4-6,9-13,19H,1-3,7-8,14H2,(H,26,29)/b20-13-. The number of hydrogen-bond acceptors (Lipinski definition) is 3. The number of nitrogens with zero attached hydrogens (tertiary/aromatic N) is 1.